The van der Waals surface area contributed by atoms with E-state index in [-0.39, 0.29) is 16.0 Å². The summed E-state index contributed by atoms with van der Waals surface area (Å²) in [6.45, 7) is 14.8. The van der Waals surface area contributed by atoms with Crippen LogP contribution in [-0.2, 0) is 19.2 Å². The number of rotatable bonds is 7. The number of ether oxygens (including phenoxy) is 1. The molecule has 7 heteroatoms. The molecule has 2 rings (SSSR count). The van der Waals surface area contributed by atoms with Gasteiger partial charge in [0.1, 0.15) is 0 Å². The molecule has 160 valence electrons. The van der Waals surface area contributed by atoms with Crippen LogP contribution in [0.25, 0.3) is 6.08 Å². The summed E-state index contributed by atoms with van der Waals surface area (Å²) in [7, 11) is -4.21. The van der Waals surface area contributed by atoms with Gasteiger partial charge < -0.3 is 9.16 Å². The number of benzene rings is 1. The van der Waals surface area contributed by atoms with Crippen molar-refractivity contribution in [1.82, 2.24) is 3.97 Å². The Kier molecular flexibility index (Phi) is 6.87. The van der Waals surface area contributed by atoms with Crippen LogP contribution in [0.1, 0.15) is 50.6 Å². The SMILES string of the molecule is CO/C=C/c1cc(C(C)O[Si](C)(C)C(C)(C)C)cn1S(=O)(=O)c1ccc(C)cc1. The van der Waals surface area contributed by atoms with Crippen molar-refractivity contribution in [2.45, 2.75) is 63.8 Å². The second-order valence-corrected chi connectivity index (χ2v) is 15.4. The zero-order valence-electron chi connectivity index (χ0n) is 18.7. The van der Waals surface area contributed by atoms with E-state index in [0.717, 1.165) is 11.1 Å². The van der Waals surface area contributed by atoms with Crippen molar-refractivity contribution in [1.29, 1.82) is 0 Å². The van der Waals surface area contributed by atoms with E-state index in [4.69, 9.17) is 9.16 Å². The van der Waals surface area contributed by atoms with Crippen molar-refractivity contribution in [3.8, 4) is 0 Å². The fourth-order valence-electron chi connectivity index (χ4n) is 2.68. The Labute approximate surface area is 176 Å². The monoisotopic (exact) mass is 435 g/mol. The molecule has 1 atom stereocenters. The van der Waals surface area contributed by atoms with Crippen LogP contribution in [-0.4, -0.2) is 27.8 Å². The normalized spacial score (nSPS) is 14.3. The molecule has 0 bridgehead atoms. The summed E-state index contributed by atoms with van der Waals surface area (Å²) >= 11 is 0. The van der Waals surface area contributed by atoms with Gasteiger partial charge in [-0.3, -0.25) is 0 Å². The smallest absolute Gasteiger partial charge is 0.268 e. The van der Waals surface area contributed by atoms with Gasteiger partial charge in [0.15, 0.2) is 8.32 Å². The van der Waals surface area contributed by atoms with Crippen molar-refractivity contribution in [3.05, 3.63) is 59.6 Å². The average Bonchev–Trinajstić information content (AvgIpc) is 3.04. The zero-order valence-corrected chi connectivity index (χ0v) is 20.5. The largest absolute Gasteiger partial charge is 0.504 e. The topological polar surface area (TPSA) is 57.5 Å². The third-order valence-electron chi connectivity index (χ3n) is 5.54. The summed E-state index contributed by atoms with van der Waals surface area (Å²) in [5.41, 5.74) is 2.35. The Morgan fingerprint density at radius 3 is 2.24 bits per heavy atom. The lowest BCUT2D eigenvalue weighted by Gasteiger charge is -2.38. The molecule has 1 aromatic carbocycles. The molecule has 0 N–H and O–H groups in total. The highest BCUT2D eigenvalue weighted by Crippen LogP contribution is 2.40. The molecule has 0 aliphatic carbocycles. The fourth-order valence-corrected chi connectivity index (χ4v) is 5.41. The molecule has 2 aromatic rings. The minimum Gasteiger partial charge on any atom is -0.504 e. The maximum absolute atomic E-state index is 13.3. The Bertz CT molecular complexity index is 967. The summed E-state index contributed by atoms with van der Waals surface area (Å²) in [5.74, 6) is 0. The van der Waals surface area contributed by atoms with Crippen LogP contribution in [0.3, 0.4) is 0 Å². The lowest BCUT2D eigenvalue weighted by atomic mass is 10.2. The molecule has 0 saturated heterocycles. The van der Waals surface area contributed by atoms with Gasteiger partial charge in [-0.2, -0.15) is 0 Å². The van der Waals surface area contributed by atoms with E-state index in [2.05, 4.69) is 33.9 Å². The fraction of sp³-hybridized carbons (Fsp3) is 0.455. The average molecular weight is 436 g/mol. The van der Waals surface area contributed by atoms with Crippen LogP contribution in [0, 0.1) is 6.92 Å². The Morgan fingerprint density at radius 2 is 1.72 bits per heavy atom. The second kappa shape index (κ2) is 8.50. The van der Waals surface area contributed by atoms with Crippen molar-refractivity contribution in [3.63, 3.8) is 0 Å². The maximum atomic E-state index is 13.3. The number of aromatic nitrogens is 1. The van der Waals surface area contributed by atoms with E-state index < -0.39 is 18.3 Å². The van der Waals surface area contributed by atoms with Gasteiger partial charge in [0, 0.05) is 6.20 Å². The summed E-state index contributed by atoms with van der Waals surface area (Å²) in [6.07, 6.45) is 4.55. The number of hydrogen-bond acceptors (Lipinski definition) is 4. The predicted octanol–water partition coefficient (Wildman–Crippen LogP) is 5.73. The zero-order chi connectivity index (χ0) is 22.0. The first-order chi connectivity index (χ1) is 13.3. The number of methoxy groups -OCH3 is 1. The standard InChI is InChI=1S/C22H33NO4SSi/c1-17-9-11-21(12-10-17)28(24,25)23-16-19(15-20(23)13-14-26-6)18(2)27-29(7,8)22(3,4)5/h9-16,18H,1-8H3/b14-13+. The summed E-state index contributed by atoms with van der Waals surface area (Å²) in [5, 5.41) is 0.0661. The van der Waals surface area contributed by atoms with Gasteiger partial charge >= 0.3 is 0 Å². The lowest BCUT2D eigenvalue weighted by Crippen LogP contribution is -2.41. The number of nitrogens with zero attached hydrogens (tertiary/aromatic N) is 1. The van der Waals surface area contributed by atoms with Crippen LogP contribution in [0.15, 0.2) is 47.7 Å². The molecule has 0 amide bonds. The predicted molar refractivity (Wildman–Crippen MR) is 121 cm³/mol. The van der Waals surface area contributed by atoms with Gasteiger partial charge in [-0.25, -0.2) is 12.4 Å². The molecule has 1 unspecified atom stereocenters. The Hall–Kier alpha value is -1.83. The quantitative estimate of drug-likeness (QED) is 0.411. The van der Waals surface area contributed by atoms with E-state index in [1.807, 2.05) is 19.9 Å². The lowest BCUT2D eigenvalue weighted by molar-refractivity contribution is 0.203. The first-order valence-corrected chi connectivity index (χ1v) is 14.1. The minimum absolute atomic E-state index is 0.0661. The first kappa shape index (κ1) is 23.4. The van der Waals surface area contributed by atoms with Gasteiger partial charge in [-0.05, 0) is 61.8 Å². The summed E-state index contributed by atoms with van der Waals surface area (Å²) in [6, 6.07) is 8.70. The van der Waals surface area contributed by atoms with Crippen LogP contribution in [0.5, 0.6) is 0 Å². The van der Waals surface area contributed by atoms with Crippen molar-refractivity contribution in [2.75, 3.05) is 7.11 Å². The van der Waals surface area contributed by atoms with Gasteiger partial charge in [-0.1, -0.05) is 38.5 Å². The second-order valence-electron chi connectivity index (χ2n) is 8.87. The molecular weight excluding hydrogens is 402 g/mol. The highest BCUT2D eigenvalue weighted by Gasteiger charge is 2.39. The van der Waals surface area contributed by atoms with Crippen molar-refractivity contribution < 1.29 is 17.6 Å². The highest BCUT2D eigenvalue weighted by atomic mass is 32.2. The van der Waals surface area contributed by atoms with Crippen LogP contribution in [0.2, 0.25) is 18.1 Å². The van der Waals surface area contributed by atoms with Crippen LogP contribution in [0.4, 0.5) is 0 Å². The van der Waals surface area contributed by atoms with Gasteiger partial charge in [0.2, 0.25) is 0 Å². The molecule has 0 spiro atoms. The maximum Gasteiger partial charge on any atom is 0.268 e. The molecule has 1 aromatic heterocycles. The molecule has 0 aliphatic heterocycles. The number of hydrogen-bond donors (Lipinski definition) is 0. The van der Waals surface area contributed by atoms with E-state index in [0.29, 0.717) is 5.69 Å². The van der Waals surface area contributed by atoms with Gasteiger partial charge in [-0.15, -0.1) is 0 Å². The third-order valence-corrected chi connectivity index (χ3v) is 11.8. The third kappa shape index (κ3) is 5.21. The Balaban J connectivity index is 2.50. The number of aryl methyl sites for hydroxylation is 1. The molecule has 29 heavy (non-hydrogen) atoms. The molecule has 0 saturated carbocycles. The molecule has 0 radical (unpaired) electrons. The van der Waals surface area contributed by atoms with E-state index in [1.54, 1.807) is 36.5 Å². The summed E-state index contributed by atoms with van der Waals surface area (Å²) < 4.78 is 39.3. The Morgan fingerprint density at radius 1 is 1.14 bits per heavy atom. The van der Waals surface area contributed by atoms with Gasteiger partial charge in [0.05, 0.1) is 30.1 Å². The van der Waals surface area contributed by atoms with Gasteiger partial charge in [0.25, 0.3) is 10.0 Å². The van der Waals surface area contributed by atoms with E-state index in [1.165, 1.54) is 17.3 Å². The van der Waals surface area contributed by atoms with Crippen molar-refractivity contribution in [2.24, 2.45) is 0 Å². The first-order valence-electron chi connectivity index (χ1n) is 9.71. The molecule has 0 aliphatic rings. The highest BCUT2D eigenvalue weighted by molar-refractivity contribution is 7.90. The summed E-state index contributed by atoms with van der Waals surface area (Å²) in [4.78, 5) is 0.246. The molecule has 0 fully saturated rings. The van der Waals surface area contributed by atoms with E-state index >= 15 is 0 Å². The molecular formula is C22H33NO4SSi. The van der Waals surface area contributed by atoms with E-state index in [9.17, 15) is 8.42 Å². The van der Waals surface area contributed by atoms with Crippen molar-refractivity contribution >= 4 is 24.4 Å². The minimum atomic E-state index is -3.74. The van der Waals surface area contributed by atoms with Crippen LogP contribution >= 0.6 is 0 Å². The van der Waals surface area contributed by atoms with Crippen LogP contribution < -0.4 is 0 Å². The molecule has 5 nitrogen and oxygen atoms in total. The molecule has 1 heterocycles.